The van der Waals surface area contributed by atoms with Crippen molar-refractivity contribution < 1.29 is 18.0 Å². The van der Waals surface area contributed by atoms with Crippen molar-refractivity contribution >= 4 is 5.78 Å². The third-order valence-corrected chi connectivity index (χ3v) is 3.65. The Balaban J connectivity index is 2.29. The molecule has 98 valence electrons. The lowest BCUT2D eigenvalue weighted by molar-refractivity contribution is -0.137. The highest BCUT2D eigenvalue weighted by Crippen LogP contribution is 2.53. The second kappa shape index (κ2) is 3.84. The average Bonchev–Trinajstić information content (AvgIpc) is 2.85. The van der Waals surface area contributed by atoms with Gasteiger partial charge in [0.15, 0.2) is 5.78 Å². The Morgan fingerprint density at radius 3 is 2.28 bits per heavy atom. The normalized spacial score (nSPS) is 21.8. The molecule has 0 N–H and O–H groups in total. The summed E-state index contributed by atoms with van der Waals surface area (Å²) in [6.07, 6.45) is -3.54. The minimum Gasteiger partial charge on any atom is -0.294 e. The first-order valence-electron chi connectivity index (χ1n) is 5.85. The molecule has 1 fully saturated rings. The van der Waals surface area contributed by atoms with Gasteiger partial charge in [-0.3, -0.25) is 4.79 Å². The molecular formula is C14H15F3O. The Morgan fingerprint density at radius 2 is 1.89 bits per heavy atom. The summed E-state index contributed by atoms with van der Waals surface area (Å²) in [4.78, 5) is 12.1. The summed E-state index contributed by atoms with van der Waals surface area (Å²) in [5.74, 6) is -0.0841. The number of rotatable bonds is 2. The van der Waals surface area contributed by atoms with Crippen LogP contribution in [0, 0.1) is 18.3 Å². The van der Waals surface area contributed by atoms with Gasteiger partial charge in [0.05, 0.1) is 5.56 Å². The maximum atomic E-state index is 12.5. The van der Waals surface area contributed by atoms with Crippen molar-refractivity contribution in [1.82, 2.24) is 0 Å². The van der Waals surface area contributed by atoms with E-state index in [2.05, 4.69) is 0 Å². The van der Waals surface area contributed by atoms with Crippen LogP contribution in [0.2, 0.25) is 0 Å². The van der Waals surface area contributed by atoms with Crippen LogP contribution in [0.1, 0.15) is 41.8 Å². The van der Waals surface area contributed by atoms with E-state index in [-0.39, 0.29) is 17.1 Å². The Labute approximate surface area is 104 Å². The van der Waals surface area contributed by atoms with Crippen LogP contribution in [-0.4, -0.2) is 5.78 Å². The monoisotopic (exact) mass is 256 g/mol. The molecule has 0 spiro atoms. The zero-order chi connectivity index (χ0) is 13.7. The van der Waals surface area contributed by atoms with Crippen molar-refractivity contribution in [3.05, 3.63) is 34.9 Å². The third-order valence-electron chi connectivity index (χ3n) is 3.65. The van der Waals surface area contributed by atoms with Crippen molar-refractivity contribution in [3.8, 4) is 0 Å². The lowest BCUT2D eigenvalue weighted by Crippen LogP contribution is -2.11. The maximum Gasteiger partial charge on any atom is 0.416 e. The predicted molar refractivity (Wildman–Crippen MR) is 62.4 cm³/mol. The molecular weight excluding hydrogens is 241 g/mol. The van der Waals surface area contributed by atoms with Gasteiger partial charge in [-0.15, -0.1) is 0 Å². The first-order valence-corrected chi connectivity index (χ1v) is 5.85. The predicted octanol–water partition coefficient (Wildman–Crippen LogP) is 4.24. The number of hydrogen-bond donors (Lipinski definition) is 0. The van der Waals surface area contributed by atoms with Gasteiger partial charge in [-0.1, -0.05) is 19.9 Å². The van der Waals surface area contributed by atoms with E-state index in [4.69, 9.17) is 0 Å². The Kier molecular flexibility index (Phi) is 2.80. The van der Waals surface area contributed by atoms with Crippen molar-refractivity contribution in [2.75, 3.05) is 0 Å². The highest BCUT2D eigenvalue weighted by molar-refractivity contribution is 6.01. The zero-order valence-electron chi connectivity index (χ0n) is 10.6. The summed E-state index contributed by atoms with van der Waals surface area (Å²) in [6, 6.07) is 3.33. The number of hydrogen-bond acceptors (Lipinski definition) is 1. The molecule has 1 saturated carbocycles. The largest absolute Gasteiger partial charge is 0.416 e. The molecule has 0 aliphatic heterocycles. The summed E-state index contributed by atoms with van der Waals surface area (Å²) >= 11 is 0. The quantitative estimate of drug-likeness (QED) is 0.723. The highest BCUT2D eigenvalue weighted by atomic mass is 19.4. The fraction of sp³-hybridized carbons (Fsp3) is 0.500. The molecule has 1 nitrogen and oxygen atoms in total. The third kappa shape index (κ3) is 2.28. The molecule has 0 bridgehead atoms. The van der Waals surface area contributed by atoms with E-state index < -0.39 is 11.7 Å². The number of Topliss-reactive ketones (excluding diaryl/α,β-unsaturated/α-hetero) is 1. The van der Waals surface area contributed by atoms with E-state index in [0.717, 1.165) is 18.6 Å². The van der Waals surface area contributed by atoms with Crippen molar-refractivity contribution in [1.29, 1.82) is 0 Å². The number of ketones is 1. The van der Waals surface area contributed by atoms with Gasteiger partial charge in [0.1, 0.15) is 0 Å². The Bertz CT molecular complexity index is 500. The van der Waals surface area contributed by atoms with Crippen LogP contribution >= 0.6 is 0 Å². The molecule has 1 aromatic rings. The van der Waals surface area contributed by atoms with Crippen LogP contribution in [0.5, 0.6) is 0 Å². The second-order valence-electron chi connectivity index (χ2n) is 5.64. The molecule has 1 unspecified atom stereocenters. The first kappa shape index (κ1) is 13.1. The van der Waals surface area contributed by atoms with E-state index in [1.165, 1.54) is 6.07 Å². The first-order chi connectivity index (χ1) is 8.13. The van der Waals surface area contributed by atoms with Gasteiger partial charge in [-0.25, -0.2) is 0 Å². The topological polar surface area (TPSA) is 17.1 Å². The van der Waals surface area contributed by atoms with Gasteiger partial charge in [-0.2, -0.15) is 13.2 Å². The van der Waals surface area contributed by atoms with Gasteiger partial charge in [0, 0.05) is 11.5 Å². The molecule has 1 aromatic carbocycles. The van der Waals surface area contributed by atoms with Crippen LogP contribution in [0.3, 0.4) is 0 Å². The summed E-state index contributed by atoms with van der Waals surface area (Å²) in [5, 5.41) is 0. The number of carbonyl (C=O) groups is 1. The van der Waals surface area contributed by atoms with Gasteiger partial charge in [0.2, 0.25) is 0 Å². The lowest BCUT2D eigenvalue weighted by Gasteiger charge is -2.11. The zero-order valence-corrected chi connectivity index (χ0v) is 10.6. The highest BCUT2D eigenvalue weighted by Gasteiger charge is 2.50. The van der Waals surface area contributed by atoms with E-state index in [0.29, 0.717) is 11.1 Å². The number of aryl methyl sites for hydroxylation is 1. The molecule has 0 aromatic heterocycles. The molecule has 1 aliphatic carbocycles. The second-order valence-corrected chi connectivity index (χ2v) is 5.64. The number of carbonyl (C=O) groups excluding carboxylic acids is 1. The SMILES string of the molecule is Cc1cc(C(F)(F)F)ccc1C(=O)C1CC1(C)C. The van der Waals surface area contributed by atoms with E-state index in [9.17, 15) is 18.0 Å². The molecule has 0 radical (unpaired) electrons. The molecule has 0 amide bonds. The number of alkyl halides is 3. The van der Waals surface area contributed by atoms with Crippen molar-refractivity contribution in [2.45, 2.75) is 33.4 Å². The summed E-state index contributed by atoms with van der Waals surface area (Å²) in [7, 11) is 0. The molecule has 0 heterocycles. The smallest absolute Gasteiger partial charge is 0.294 e. The summed E-state index contributed by atoms with van der Waals surface area (Å²) in [6.45, 7) is 5.54. The van der Waals surface area contributed by atoms with Crippen molar-refractivity contribution in [3.63, 3.8) is 0 Å². The Hall–Kier alpha value is -1.32. The fourth-order valence-corrected chi connectivity index (χ4v) is 2.22. The molecule has 0 saturated heterocycles. The van der Waals surface area contributed by atoms with Gasteiger partial charge >= 0.3 is 6.18 Å². The van der Waals surface area contributed by atoms with Crippen molar-refractivity contribution in [2.24, 2.45) is 11.3 Å². The van der Waals surface area contributed by atoms with E-state index >= 15 is 0 Å². The minimum atomic E-state index is -4.36. The van der Waals surface area contributed by atoms with Crippen LogP contribution in [-0.2, 0) is 6.18 Å². The molecule has 18 heavy (non-hydrogen) atoms. The molecule has 1 atom stereocenters. The van der Waals surface area contributed by atoms with Crippen LogP contribution in [0.15, 0.2) is 18.2 Å². The molecule has 4 heteroatoms. The minimum absolute atomic E-state index is 0.00772. The molecule has 2 rings (SSSR count). The van der Waals surface area contributed by atoms with Crippen LogP contribution in [0.25, 0.3) is 0 Å². The van der Waals surface area contributed by atoms with Crippen LogP contribution < -0.4 is 0 Å². The Morgan fingerprint density at radius 1 is 1.33 bits per heavy atom. The van der Waals surface area contributed by atoms with Gasteiger partial charge in [0.25, 0.3) is 0 Å². The molecule has 1 aliphatic rings. The fourth-order valence-electron chi connectivity index (χ4n) is 2.22. The average molecular weight is 256 g/mol. The number of halogens is 3. The summed E-state index contributed by atoms with van der Waals surface area (Å²) < 4.78 is 37.5. The number of benzene rings is 1. The maximum absolute atomic E-state index is 12.5. The summed E-state index contributed by atoms with van der Waals surface area (Å²) in [5.41, 5.74) is 0.106. The standard InChI is InChI=1S/C14H15F3O/c1-8-6-9(14(15,16)17)4-5-10(8)12(18)11-7-13(11,2)3/h4-6,11H,7H2,1-3H3. The van der Waals surface area contributed by atoms with Gasteiger partial charge < -0.3 is 0 Å². The van der Waals surface area contributed by atoms with E-state index in [1.807, 2.05) is 13.8 Å². The van der Waals surface area contributed by atoms with Crippen LogP contribution in [0.4, 0.5) is 13.2 Å². The van der Waals surface area contributed by atoms with E-state index in [1.54, 1.807) is 6.92 Å². The van der Waals surface area contributed by atoms with Gasteiger partial charge in [-0.05, 0) is 36.5 Å². The lowest BCUT2D eigenvalue weighted by atomic mass is 9.96.